The van der Waals surface area contributed by atoms with Crippen molar-refractivity contribution in [1.29, 1.82) is 0 Å². The Kier molecular flexibility index (Phi) is 4.50. The Morgan fingerprint density at radius 3 is 2.80 bits per heavy atom. The van der Waals surface area contributed by atoms with E-state index >= 15 is 0 Å². The second-order valence-electron chi connectivity index (χ2n) is 6.71. The van der Waals surface area contributed by atoms with Crippen LogP contribution in [0.25, 0.3) is 0 Å². The van der Waals surface area contributed by atoms with Crippen LogP contribution in [0, 0.1) is 10.8 Å². The predicted octanol–water partition coefficient (Wildman–Crippen LogP) is 3.62. The minimum atomic E-state index is -1.05. The number of carbonyl (C=O) groups is 1. The standard InChI is InChI=1S/C15H26O3P2/c1-5-6-10(2)15-11(16)7-8-14(15,17)12(18-20-19)9-13(15,3)4/h6,12,17,20H,5,7-9,19H2,1-4H3/b10-6-. The molecule has 0 aliphatic heterocycles. The van der Waals surface area contributed by atoms with Gasteiger partial charge >= 0.3 is 0 Å². The molecule has 1 N–H and O–H groups in total. The van der Waals surface area contributed by atoms with Gasteiger partial charge in [-0.25, -0.2) is 0 Å². The van der Waals surface area contributed by atoms with Crippen LogP contribution >= 0.6 is 17.4 Å². The highest BCUT2D eigenvalue weighted by atomic mass is 32.0. The summed E-state index contributed by atoms with van der Waals surface area (Å²) in [5.74, 6) is 0.186. The third kappa shape index (κ3) is 1.90. The fourth-order valence-corrected chi connectivity index (χ4v) is 5.78. The van der Waals surface area contributed by atoms with Crippen molar-refractivity contribution in [2.75, 3.05) is 0 Å². The molecule has 0 spiro atoms. The van der Waals surface area contributed by atoms with Gasteiger partial charge in [-0.2, -0.15) is 0 Å². The average Bonchev–Trinajstić information content (AvgIpc) is 2.72. The molecule has 0 amide bonds. The van der Waals surface area contributed by atoms with E-state index in [4.69, 9.17) is 4.52 Å². The SMILES string of the molecule is CC/C=C(/C)C12C(=O)CCC1(O)C(OPP)CC2(C)C. The van der Waals surface area contributed by atoms with Crippen molar-refractivity contribution in [3.8, 4) is 0 Å². The maximum atomic E-state index is 12.8. The zero-order chi connectivity index (χ0) is 15.2. The summed E-state index contributed by atoms with van der Waals surface area (Å²) in [6, 6.07) is 0. The Balaban J connectivity index is 2.62. The van der Waals surface area contributed by atoms with E-state index in [9.17, 15) is 9.90 Å². The summed E-state index contributed by atoms with van der Waals surface area (Å²) < 4.78 is 5.82. The lowest BCUT2D eigenvalue weighted by Crippen LogP contribution is -2.54. The van der Waals surface area contributed by atoms with Gasteiger partial charge in [-0.05, 0) is 31.6 Å². The zero-order valence-corrected chi connectivity index (χ0v) is 15.0. The minimum Gasteiger partial charge on any atom is -0.386 e. The van der Waals surface area contributed by atoms with Crippen LogP contribution in [0.1, 0.15) is 53.4 Å². The second-order valence-corrected chi connectivity index (χ2v) is 7.88. The second kappa shape index (κ2) is 5.43. The lowest BCUT2D eigenvalue weighted by Gasteiger charge is -2.45. The molecule has 2 fully saturated rings. The topological polar surface area (TPSA) is 46.5 Å². The van der Waals surface area contributed by atoms with Gasteiger partial charge in [0.15, 0.2) is 0 Å². The van der Waals surface area contributed by atoms with Crippen LogP contribution in [0.5, 0.6) is 0 Å². The van der Waals surface area contributed by atoms with E-state index in [-0.39, 0.29) is 25.8 Å². The Hall–Kier alpha value is 0.190. The molecule has 5 atom stereocenters. The molecule has 2 aliphatic carbocycles. The fourth-order valence-electron chi connectivity index (χ4n) is 4.85. The van der Waals surface area contributed by atoms with Crippen LogP contribution < -0.4 is 0 Å². The molecular weight excluding hydrogens is 290 g/mol. The molecule has 0 aromatic heterocycles. The van der Waals surface area contributed by atoms with Crippen LogP contribution in [0.4, 0.5) is 0 Å². The van der Waals surface area contributed by atoms with Crippen molar-refractivity contribution in [3.63, 3.8) is 0 Å². The van der Waals surface area contributed by atoms with Crippen molar-refractivity contribution >= 4 is 23.2 Å². The van der Waals surface area contributed by atoms with E-state index in [0.29, 0.717) is 12.8 Å². The summed E-state index contributed by atoms with van der Waals surface area (Å²) in [7, 11) is 2.82. The molecule has 0 aromatic rings. The molecule has 20 heavy (non-hydrogen) atoms. The number of rotatable bonds is 4. The fraction of sp³-hybridized carbons (Fsp3) is 0.800. The number of Topliss-reactive ketones (excluding diaryl/α,β-unsaturated/α-hetero) is 1. The molecule has 0 radical (unpaired) electrons. The first-order chi connectivity index (χ1) is 9.28. The van der Waals surface area contributed by atoms with Crippen LogP contribution in [-0.2, 0) is 9.32 Å². The molecule has 2 rings (SSSR count). The molecule has 3 nitrogen and oxygen atoms in total. The summed E-state index contributed by atoms with van der Waals surface area (Å²) >= 11 is 0. The van der Waals surface area contributed by atoms with Gasteiger partial charge in [-0.15, -0.1) is 0 Å². The van der Waals surface area contributed by atoms with Gasteiger partial charge in [0.2, 0.25) is 0 Å². The van der Waals surface area contributed by atoms with Gasteiger partial charge in [0.1, 0.15) is 11.4 Å². The highest BCUT2D eigenvalue weighted by Gasteiger charge is 2.74. The summed E-state index contributed by atoms with van der Waals surface area (Å²) in [6.45, 7) is 8.27. The number of hydrogen-bond donors (Lipinski definition) is 1. The quantitative estimate of drug-likeness (QED) is 0.636. The van der Waals surface area contributed by atoms with Crippen molar-refractivity contribution < 1.29 is 14.4 Å². The number of hydrogen-bond acceptors (Lipinski definition) is 3. The first-order valence-corrected chi connectivity index (χ1v) is 10.0. The molecular formula is C15H26O3P2. The van der Waals surface area contributed by atoms with E-state index in [0.717, 1.165) is 18.4 Å². The Labute approximate surface area is 125 Å². The number of allylic oxidation sites excluding steroid dienone is 1. The third-order valence-electron chi connectivity index (χ3n) is 5.36. The number of carbonyl (C=O) groups excluding carboxylic acids is 1. The molecule has 5 heteroatoms. The van der Waals surface area contributed by atoms with Gasteiger partial charge in [0, 0.05) is 14.9 Å². The number of aliphatic hydroxyl groups is 1. The molecule has 2 saturated carbocycles. The Morgan fingerprint density at radius 1 is 1.60 bits per heavy atom. The molecule has 2 aliphatic rings. The van der Waals surface area contributed by atoms with Gasteiger partial charge in [0.25, 0.3) is 0 Å². The molecule has 114 valence electrons. The van der Waals surface area contributed by atoms with Gasteiger partial charge < -0.3 is 9.63 Å². The number of fused-ring (bicyclic) bond motifs is 1. The van der Waals surface area contributed by atoms with E-state index in [1.54, 1.807) is 0 Å². The first kappa shape index (κ1) is 16.6. The summed E-state index contributed by atoms with van der Waals surface area (Å²) in [6.07, 6.45) is 4.43. The molecule has 5 unspecified atom stereocenters. The van der Waals surface area contributed by atoms with Gasteiger partial charge in [-0.1, -0.05) is 41.3 Å². The largest absolute Gasteiger partial charge is 0.386 e. The highest BCUT2D eigenvalue weighted by Crippen LogP contribution is 2.68. The first-order valence-electron chi connectivity index (χ1n) is 7.32. The Bertz CT molecular complexity index is 446. The average molecular weight is 316 g/mol. The van der Waals surface area contributed by atoms with E-state index in [1.807, 2.05) is 6.92 Å². The zero-order valence-electron chi connectivity index (χ0n) is 12.8. The van der Waals surface area contributed by atoms with Crippen molar-refractivity contribution in [2.45, 2.75) is 65.1 Å². The molecule has 0 saturated heterocycles. The van der Waals surface area contributed by atoms with Crippen LogP contribution in [0.2, 0.25) is 0 Å². The summed E-state index contributed by atoms with van der Waals surface area (Å²) in [5.41, 5.74) is -1.08. The van der Waals surface area contributed by atoms with Crippen molar-refractivity contribution in [2.24, 2.45) is 10.8 Å². The van der Waals surface area contributed by atoms with E-state index in [1.165, 1.54) is 0 Å². The molecule has 0 aromatic carbocycles. The van der Waals surface area contributed by atoms with Crippen LogP contribution in [0.3, 0.4) is 0 Å². The molecule has 0 heterocycles. The van der Waals surface area contributed by atoms with E-state index < -0.39 is 11.0 Å². The summed E-state index contributed by atoms with van der Waals surface area (Å²) in [5, 5.41) is 11.4. The lowest BCUT2D eigenvalue weighted by molar-refractivity contribution is -0.141. The van der Waals surface area contributed by atoms with Gasteiger partial charge in [-0.3, -0.25) is 4.79 Å². The minimum absolute atomic E-state index is 0.186. The Morgan fingerprint density at radius 2 is 2.25 bits per heavy atom. The monoisotopic (exact) mass is 316 g/mol. The lowest BCUT2D eigenvalue weighted by atomic mass is 9.59. The van der Waals surface area contributed by atoms with Gasteiger partial charge in [0.05, 0.1) is 11.5 Å². The van der Waals surface area contributed by atoms with Crippen LogP contribution in [0.15, 0.2) is 11.6 Å². The number of ketones is 1. The normalized spacial score (nSPS) is 40.8. The van der Waals surface area contributed by atoms with Crippen molar-refractivity contribution in [1.82, 2.24) is 0 Å². The third-order valence-corrected chi connectivity index (χ3v) is 6.19. The van der Waals surface area contributed by atoms with Crippen molar-refractivity contribution in [3.05, 3.63) is 11.6 Å². The van der Waals surface area contributed by atoms with Crippen LogP contribution in [-0.4, -0.2) is 22.6 Å². The summed E-state index contributed by atoms with van der Waals surface area (Å²) in [4.78, 5) is 12.8. The molecule has 0 bridgehead atoms. The maximum absolute atomic E-state index is 12.8. The predicted molar refractivity (Wildman–Crippen MR) is 87.0 cm³/mol. The maximum Gasteiger partial charge on any atom is 0.146 e. The highest BCUT2D eigenvalue weighted by molar-refractivity contribution is 8.00. The van der Waals surface area contributed by atoms with E-state index in [2.05, 4.69) is 35.8 Å². The smallest absolute Gasteiger partial charge is 0.146 e.